The van der Waals surface area contributed by atoms with Gasteiger partial charge in [-0.05, 0) is 50.1 Å². The second-order valence-electron chi connectivity index (χ2n) is 7.19. The van der Waals surface area contributed by atoms with Crippen molar-refractivity contribution in [2.75, 3.05) is 11.4 Å². The van der Waals surface area contributed by atoms with E-state index in [4.69, 9.17) is 9.26 Å². The van der Waals surface area contributed by atoms with Crippen LogP contribution in [0.5, 0.6) is 0 Å². The summed E-state index contributed by atoms with van der Waals surface area (Å²) in [5.74, 6) is 0.219. The fraction of sp³-hybridized carbons (Fsp3) is 0.273. The first-order valence-electron chi connectivity index (χ1n) is 9.57. The molecule has 4 heterocycles. The fourth-order valence-corrected chi connectivity index (χ4v) is 3.62. The van der Waals surface area contributed by atoms with E-state index < -0.39 is 11.9 Å². The topological polar surface area (TPSA) is 85.8 Å². The molecule has 1 amide bonds. The average Bonchev–Trinajstić information content (AvgIpc) is 3.45. The highest BCUT2D eigenvalue weighted by molar-refractivity contribution is 5.90. The first-order valence-corrected chi connectivity index (χ1v) is 9.57. The van der Waals surface area contributed by atoms with E-state index >= 15 is 0 Å². The van der Waals surface area contributed by atoms with Gasteiger partial charge in [0.25, 0.3) is 0 Å². The van der Waals surface area contributed by atoms with Crippen molar-refractivity contribution in [3.63, 3.8) is 0 Å². The molecule has 0 saturated carbocycles. The summed E-state index contributed by atoms with van der Waals surface area (Å²) < 4.78 is 26.8. The standard InChI is InChI=1S/C21H18FN5O3.CH4/c1-13-23-20-7-2-14(11-27(20)24-13)18-6-4-16(10-19(18)22)26-12-17(30-21(26)28)5-3-15-8-9-29-25-15;/h2,4,6-11,17H,3,5,12H2,1H3;1H4/t17-;/m0./s1. The van der Waals surface area contributed by atoms with Crippen LogP contribution in [0.4, 0.5) is 14.9 Å². The van der Waals surface area contributed by atoms with Crippen molar-refractivity contribution >= 4 is 17.4 Å². The van der Waals surface area contributed by atoms with Crippen LogP contribution in [-0.2, 0) is 11.2 Å². The second kappa shape index (κ2) is 8.17. The van der Waals surface area contributed by atoms with Crippen molar-refractivity contribution in [3.8, 4) is 11.1 Å². The molecule has 4 aromatic rings. The van der Waals surface area contributed by atoms with Gasteiger partial charge in [-0.3, -0.25) is 4.90 Å². The Labute approximate surface area is 178 Å². The fourth-order valence-electron chi connectivity index (χ4n) is 3.62. The van der Waals surface area contributed by atoms with Crippen molar-refractivity contribution in [2.24, 2.45) is 0 Å². The number of carbonyl (C=O) groups excluding carboxylic acids is 1. The maximum Gasteiger partial charge on any atom is 0.414 e. The molecule has 9 heteroatoms. The zero-order chi connectivity index (χ0) is 20.7. The number of nitrogens with zero attached hydrogens (tertiary/aromatic N) is 5. The van der Waals surface area contributed by atoms with Gasteiger partial charge in [-0.15, -0.1) is 0 Å². The van der Waals surface area contributed by atoms with Gasteiger partial charge in [0.15, 0.2) is 5.65 Å². The molecule has 0 unspecified atom stereocenters. The third kappa shape index (κ3) is 3.98. The molecule has 1 aliphatic rings. The molecule has 0 bridgehead atoms. The van der Waals surface area contributed by atoms with E-state index in [0.717, 1.165) is 5.69 Å². The molecule has 0 radical (unpaired) electrons. The molecule has 160 valence electrons. The minimum absolute atomic E-state index is 0. The number of amides is 1. The van der Waals surface area contributed by atoms with Gasteiger partial charge in [0.2, 0.25) is 0 Å². The molecule has 1 aliphatic heterocycles. The summed E-state index contributed by atoms with van der Waals surface area (Å²) >= 11 is 0. The molecule has 31 heavy (non-hydrogen) atoms. The number of cyclic esters (lactones) is 1. The van der Waals surface area contributed by atoms with Gasteiger partial charge < -0.3 is 9.26 Å². The molecule has 5 rings (SSSR count). The Balaban J connectivity index is 0.00000231. The molecule has 0 aliphatic carbocycles. The van der Waals surface area contributed by atoms with Crippen molar-refractivity contribution in [1.82, 2.24) is 19.8 Å². The Morgan fingerprint density at radius 3 is 2.87 bits per heavy atom. The highest BCUT2D eigenvalue weighted by Crippen LogP contribution is 2.30. The zero-order valence-electron chi connectivity index (χ0n) is 16.2. The number of aryl methyl sites for hydroxylation is 2. The summed E-state index contributed by atoms with van der Waals surface area (Å²) in [5, 5.41) is 8.12. The van der Waals surface area contributed by atoms with E-state index in [-0.39, 0.29) is 13.5 Å². The SMILES string of the molecule is C.Cc1nc2ccc(-c3ccc(N4C[C@H](CCc5ccon5)OC4=O)cc3F)cn2n1. The maximum absolute atomic E-state index is 14.9. The summed E-state index contributed by atoms with van der Waals surface area (Å²) in [7, 11) is 0. The minimum atomic E-state index is -0.480. The second-order valence-corrected chi connectivity index (χ2v) is 7.19. The van der Waals surface area contributed by atoms with Crippen molar-refractivity contribution < 1.29 is 18.4 Å². The quantitative estimate of drug-likeness (QED) is 0.472. The van der Waals surface area contributed by atoms with E-state index in [1.165, 1.54) is 17.2 Å². The Kier molecular flexibility index (Phi) is 5.41. The normalized spacial score (nSPS) is 15.9. The van der Waals surface area contributed by atoms with Crippen LogP contribution < -0.4 is 4.90 Å². The number of anilines is 1. The summed E-state index contributed by atoms with van der Waals surface area (Å²) in [6.07, 6.45) is 3.74. The van der Waals surface area contributed by atoms with E-state index in [2.05, 4.69) is 15.2 Å². The van der Waals surface area contributed by atoms with Gasteiger partial charge in [-0.2, -0.15) is 5.10 Å². The van der Waals surface area contributed by atoms with Crippen LogP contribution in [0.15, 0.2) is 53.4 Å². The molecular weight excluding hydrogens is 401 g/mol. The molecule has 3 aromatic heterocycles. The minimum Gasteiger partial charge on any atom is -0.444 e. The van der Waals surface area contributed by atoms with Crippen LogP contribution in [0.1, 0.15) is 25.4 Å². The molecule has 1 atom stereocenters. The Hall–Kier alpha value is -3.75. The summed E-state index contributed by atoms with van der Waals surface area (Å²) in [5.41, 5.74) is 3.06. The van der Waals surface area contributed by atoms with Gasteiger partial charge in [0, 0.05) is 23.4 Å². The highest BCUT2D eigenvalue weighted by Gasteiger charge is 2.32. The molecule has 0 N–H and O–H groups in total. The number of ether oxygens (including phenoxy) is 1. The summed E-state index contributed by atoms with van der Waals surface area (Å²) in [6, 6.07) is 10.1. The summed E-state index contributed by atoms with van der Waals surface area (Å²) in [6.45, 7) is 2.16. The van der Waals surface area contributed by atoms with Crippen molar-refractivity contribution in [3.05, 3.63) is 66.2 Å². The van der Waals surface area contributed by atoms with E-state index in [1.807, 2.05) is 0 Å². The van der Waals surface area contributed by atoms with Gasteiger partial charge in [-0.1, -0.05) is 12.6 Å². The highest BCUT2D eigenvalue weighted by atomic mass is 19.1. The molecule has 1 saturated heterocycles. The van der Waals surface area contributed by atoms with Gasteiger partial charge >= 0.3 is 6.09 Å². The lowest BCUT2D eigenvalue weighted by molar-refractivity contribution is 0.136. The summed E-state index contributed by atoms with van der Waals surface area (Å²) in [4.78, 5) is 18.0. The lowest BCUT2D eigenvalue weighted by atomic mass is 10.1. The van der Waals surface area contributed by atoms with Crippen molar-refractivity contribution in [1.29, 1.82) is 0 Å². The lowest BCUT2D eigenvalue weighted by Gasteiger charge is -2.14. The number of benzene rings is 1. The zero-order valence-corrected chi connectivity index (χ0v) is 16.2. The number of hydrogen-bond acceptors (Lipinski definition) is 6. The van der Waals surface area contributed by atoms with Gasteiger partial charge in [0.1, 0.15) is 24.0 Å². The van der Waals surface area contributed by atoms with Gasteiger partial charge in [0.05, 0.1) is 17.9 Å². The Bertz CT molecular complexity index is 1220. The van der Waals surface area contributed by atoms with E-state index in [0.29, 0.717) is 47.7 Å². The lowest BCUT2D eigenvalue weighted by Crippen LogP contribution is -2.24. The number of hydrogen-bond donors (Lipinski definition) is 0. The predicted molar refractivity (Wildman–Crippen MR) is 112 cm³/mol. The molecule has 1 aromatic carbocycles. The van der Waals surface area contributed by atoms with E-state index in [9.17, 15) is 9.18 Å². The average molecular weight is 423 g/mol. The third-order valence-electron chi connectivity index (χ3n) is 5.10. The third-order valence-corrected chi connectivity index (χ3v) is 5.10. The van der Waals surface area contributed by atoms with Crippen molar-refractivity contribution in [2.45, 2.75) is 33.3 Å². The van der Waals surface area contributed by atoms with Crippen LogP contribution >= 0.6 is 0 Å². The number of carbonyl (C=O) groups is 1. The monoisotopic (exact) mass is 423 g/mol. The van der Waals surface area contributed by atoms with Crippen LogP contribution in [-0.4, -0.2) is 38.5 Å². The number of rotatable bonds is 5. The molecule has 8 nitrogen and oxygen atoms in total. The number of fused-ring (bicyclic) bond motifs is 1. The Morgan fingerprint density at radius 1 is 1.23 bits per heavy atom. The maximum atomic E-state index is 14.9. The van der Waals surface area contributed by atoms with E-state index in [1.54, 1.807) is 48.0 Å². The van der Waals surface area contributed by atoms with Gasteiger partial charge in [-0.25, -0.2) is 18.7 Å². The van der Waals surface area contributed by atoms with Crippen LogP contribution in [0, 0.1) is 12.7 Å². The number of aromatic nitrogens is 4. The van der Waals surface area contributed by atoms with Crippen LogP contribution in [0.3, 0.4) is 0 Å². The Morgan fingerprint density at radius 2 is 2.10 bits per heavy atom. The van der Waals surface area contributed by atoms with Crippen LogP contribution in [0.25, 0.3) is 16.8 Å². The number of pyridine rings is 1. The molecule has 1 fully saturated rings. The predicted octanol–water partition coefficient (Wildman–Crippen LogP) is 4.43. The number of halogens is 1. The first-order chi connectivity index (χ1) is 14.6. The first kappa shape index (κ1) is 20.5. The van der Waals surface area contributed by atoms with Crippen LogP contribution in [0.2, 0.25) is 0 Å². The molecule has 0 spiro atoms. The molecular formula is C22H22FN5O3. The smallest absolute Gasteiger partial charge is 0.414 e. The largest absolute Gasteiger partial charge is 0.444 e.